The first kappa shape index (κ1) is 33.7. The largest absolute Gasteiger partial charge is 0.481 e. The van der Waals surface area contributed by atoms with Crippen molar-refractivity contribution in [3.8, 4) is 0 Å². The Kier molecular flexibility index (Phi) is 10.7. The number of hydrogen-bond acceptors (Lipinski definition) is 5. The Morgan fingerprint density at radius 1 is 1.09 bits per heavy atom. The summed E-state index contributed by atoms with van der Waals surface area (Å²) in [5.41, 5.74) is 6.03. The van der Waals surface area contributed by atoms with Crippen molar-refractivity contribution < 1.29 is 19.4 Å². The van der Waals surface area contributed by atoms with Crippen molar-refractivity contribution in [2.45, 2.75) is 82.4 Å². The zero-order valence-corrected chi connectivity index (χ0v) is 28.9. The van der Waals surface area contributed by atoms with E-state index in [0.717, 1.165) is 79.5 Å². The molecular weight excluding hydrogens is 626 g/mol. The van der Waals surface area contributed by atoms with E-state index in [-0.39, 0.29) is 23.4 Å². The van der Waals surface area contributed by atoms with E-state index < -0.39 is 11.6 Å². The van der Waals surface area contributed by atoms with Gasteiger partial charge in [0.2, 0.25) is 0 Å². The molecule has 2 atom stereocenters. The molecule has 2 heterocycles. The maximum absolute atomic E-state index is 11.6. The number of thioether (sulfide) groups is 1. The number of carboxylic acid groups (broad SMARTS) is 1. The van der Waals surface area contributed by atoms with Gasteiger partial charge in [0.25, 0.3) is 0 Å². The van der Waals surface area contributed by atoms with Crippen LogP contribution in [0.1, 0.15) is 92.0 Å². The van der Waals surface area contributed by atoms with E-state index in [2.05, 4.69) is 74.5 Å². The van der Waals surface area contributed by atoms with Crippen molar-refractivity contribution in [2.24, 2.45) is 5.41 Å². The van der Waals surface area contributed by atoms with E-state index in [1.807, 2.05) is 42.1 Å². The number of carbonyl (C=O) groups is 1. The monoisotopic (exact) mass is 669 g/mol. The average molecular weight is 670 g/mol. The molecule has 0 bridgehead atoms. The van der Waals surface area contributed by atoms with Gasteiger partial charge in [-0.2, -0.15) is 11.8 Å². The number of aryl methyl sites for hydroxylation is 1. The number of nitrogens with zero attached hydrogens (tertiary/aromatic N) is 1. The Morgan fingerprint density at radius 2 is 1.91 bits per heavy atom. The van der Waals surface area contributed by atoms with Gasteiger partial charge in [-0.1, -0.05) is 78.3 Å². The minimum absolute atomic E-state index is 0.0787. The van der Waals surface area contributed by atoms with E-state index in [1.54, 1.807) is 0 Å². The Bertz CT molecular complexity index is 1730. The minimum atomic E-state index is -0.700. The number of pyridine rings is 1. The SMILES string of the molecule is CC(C)(OC1CCCCO1)c1ccccc1CCC(SCC1(CC(=O)O)CC1)c1cccc(C=Cc2ccc3ccc(Cl)cc3n2)c1. The predicted octanol–water partition coefficient (Wildman–Crippen LogP) is 10.5. The Morgan fingerprint density at radius 3 is 2.70 bits per heavy atom. The van der Waals surface area contributed by atoms with Gasteiger partial charge in [0.15, 0.2) is 6.29 Å². The lowest BCUT2D eigenvalue weighted by molar-refractivity contribution is -0.219. The molecule has 246 valence electrons. The molecule has 1 N–H and O–H groups in total. The van der Waals surface area contributed by atoms with Crippen molar-refractivity contribution in [3.05, 3.63) is 112 Å². The fourth-order valence-electron chi connectivity index (χ4n) is 6.55. The van der Waals surface area contributed by atoms with Crippen LogP contribution >= 0.6 is 23.4 Å². The van der Waals surface area contributed by atoms with Gasteiger partial charge in [-0.15, -0.1) is 0 Å². The highest BCUT2D eigenvalue weighted by atomic mass is 35.5. The number of hydrogen-bond donors (Lipinski definition) is 1. The van der Waals surface area contributed by atoms with Gasteiger partial charge in [-0.05, 0) is 111 Å². The van der Waals surface area contributed by atoms with E-state index >= 15 is 0 Å². The van der Waals surface area contributed by atoms with Crippen LogP contribution < -0.4 is 0 Å². The Labute approximate surface area is 287 Å². The normalized spacial score (nSPS) is 18.4. The molecule has 0 spiro atoms. The molecule has 5 nitrogen and oxygen atoms in total. The summed E-state index contributed by atoms with van der Waals surface area (Å²) in [4.78, 5) is 16.4. The van der Waals surface area contributed by atoms with Crippen LogP contribution in [0.5, 0.6) is 0 Å². The van der Waals surface area contributed by atoms with E-state index in [1.165, 1.54) is 16.7 Å². The zero-order valence-electron chi connectivity index (χ0n) is 27.3. The van der Waals surface area contributed by atoms with Gasteiger partial charge in [0, 0.05) is 28.0 Å². The zero-order chi connectivity index (χ0) is 32.9. The molecule has 4 aromatic rings. The van der Waals surface area contributed by atoms with Crippen LogP contribution in [0.15, 0.2) is 78.9 Å². The summed E-state index contributed by atoms with van der Waals surface area (Å²) in [6.07, 6.45) is 11.2. The van der Waals surface area contributed by atoms with Crippen molar-refractivity contribution in [2.75, 3.05) is 12.4 Å². The van der Waals surface area contributed by atoms with Crippen molar-refractivity contribution >= 4 is 52.4 Å². The number of fused-ring (bicyclic) bond motifs is 1. The molecule has 7 heteroatoms. The molecule has 1 saturated heterocycles. The minimum Gasteiger partial charge on any atom is -0.481 e. The molecule has 0 amide bonds. The Hall–Kier alpha value is -3.16. The van der Waals surface area contributed by atoms with Gasteiger partial charge in [0.1, 0.15) is 0 Å². The topological polar surface area (TPSA) is 68.7 Å². The lowest BCUT2D eigenvalue weighted by Crippen LogP contribution is -2.33. The van der Waals surface area contributed by atoms with Gasteiger partial charge in [-0.3, -0.25) is 4.79 Å². The van der Waals surface area contributed by atoms with Crippen LogP contribution in [0, 0.1) is 5.41 Å². The first-order chi connectivity index (χ1) is 22.7. The molecule has 1 aliphatic heterocycles. The summed E-state index contributed by atoms with van der Waals surface area (Å²) in [6, 6.07) is 27.2. The summed E-state index contributed by atoms with van der Waals surface area (Å²) in [5.74, 6) is 0.150. The molecule has 0 radical (unpaired) electrons. The second kappa shape index (κ2) is 14.9. The van der Waals surface area contributed by atoms with Crippen molar-refractivity contribution in [1.82, 2.24) is 4.98 Å². The van der Waals surface area contributed by atoms with Gasteiger partial charge in [0.05, 0.1) is 23.2 Å². The first-order valence-electron chi connectivity index (χ1n) is 16.7. The molecule has 6 rings (SSSR count). The van der Waals surface area contributed by atoms with Gasteiger partial charge in [-0.25, -0.2) is 4.98 Å². The second-order valence-electron chi connectivity index (χ2n) is 13.6. The van der Waals surface area contributed by atoms with E-state index in [9.17, 15) is 9.90 Å². The number of aromatic nitrogens is 1. The maximum atomic E-state index is 11.6. The fourth-order valence-corrected chi connectivity index (χ4v) is 8.28. The quantitative estimate of drug-likeness (QED) is 0.144. The molecule has 2 fully saturated rings. The number of rotatable bonds is 14. The average Bonchev–Trinajstić information content (AvgIpc) is 3.82. The maximum Gasteiger partial charge on any atom is 0.303 e. The highest BCUT2D eigenvalue weighted by Gasteiger charge is 2.44. The molecule has 2 aliphatic rings. The van der Waals surface area contributed by atoms with Crippen molar-refractivity contribution in [1.29, 1.82) is 0 Å². The molecule has 3 aromatic carbocycles. The lowest BCUT2D eigenvalue weighted by atomic mass is 9.89. The fraction of sp³-hybridized carbons (Fsp3) is 0.400. The van der Waals surface area contributed by atoms with Crippen LogP contribution in [0.3, 0.4) is 0 Å². The highest BCUT2D eigenvalue weighted by molar-refractivity contribution is 7.99. The van der Waals surface area contributed by atoms with Crippen LogP contribution in [-0.4, -0.2) is 34.7 Å². The lowest BCUT2D eigenvalue weighted by Gasteiger charge is -2.34. The number of carboxylic acids is 1. The number of halogens is 1. The molecule has 1 aliphatic carbocycles. The standard InChI is InChI=1S/C40H44ClNO4S/c1-39(2,46-38-12-5-6-23-45-38)34-11-4-3-9-29(34)16-20-36(47-27-40(21-22-40)26-37(43)44)31-10-7-8-28(24-31)13-18-33-19-15-30-14-17-32(41)25-35(30)42-33/h3-4,7-11,13-15,17-19,24-25,36,38H,5-6,12,16,20-23,26-27H2,1-2H3,(H,43,44). The smallest absolute Gasteiger partial charge is 0.303 e. The van der Waals surface area contributed by atoms with Crippen LogP contribution in [-0.2, 0) is 26.3 Å². The molecule has 1 saturated carbocycles. The van der Waals surface area contributed by atoms with Gasteiger partial charge < -0.3 is 14.6 Å². The summed E-state index contributed by atoms with van der Waals surface area (Å²) >= 11 is 8.12. The molecule has 2 unspecified atom stereocenters. The van der Waals surface area contributed by atoms with Crippen LogP contribution in [0.25, 0.3) is 23.1 Å². The van der Waals surface area contributed by atoms with Crippen LogP contribution in [0.4, 0.5) is 0 Å². The summed E-state index contributed by atoms with van der Waals surface area (Å²) in [5, 5.41) is 11.5. The Balaban J connectivity index is 1.21. The van der Waals surface area contributed by atoms with E-state index in [4.69, 9.17) is 26.1 Å². The number of benzene rings is 3. The van der Waals surface area contributed by atoms with Crippen molar-refractivity contribution in [3.63, 3.8) is 0 Å². The van der Waals surface area contributed by atoms with Crippen LogP contribution in [0.2, 0.25) is 5.02 Å². The second-order valence-corrected chi connectivity index (χ2v) is 15.2. The summed E-state index contributed by atoms with van der Waals surface area (Å²) in [6.45, 7) is 5.05. The first-order valence-corrected chi connectivity index (χ1v) is 18.2. The number of ether oxygens (including phenoxy) is 2. The summed E-state index contributed by atoms with van der Waals surface area (Å²) in [7, 11) is 0. The molecule has 47 heavy (non-hydrogen) atoms. The highest BCUT2D eigenvalue weighted by Crippen LogP contribution is 2.53. The molecule has 1 aromatic heterocycles. The van der Waals surface area contributed by atoms with E-state index in [0.29, 0.717) is 5.02 Å². The third kappa shape index (κ3) is 9.05. The third-order valence-corrected chi connectivity index (χ3v) is 11.3. The predicted molar refractivity (Wildman–Crippen MR) is 194 cm³/mol. The number of aliphatic carboxylic acids is 1. The molecular formula is C40H44ClNO4S. The van der Waals surface area contributed by atoms with Gasteiger partial charge >= 0.3 is 5.97 Å². The third-order valence-electron chi connectivity index (χ3n) is 9.38. The summed E-state index contributed by atoms with van der Waals surface area (Å²) < 4.78 is 12.5.